The van der Waals surface area contributed by atoms with Gasteiger partial charge in [0.1, 0.15) is 0 Å². The summed E-state index contributed by atoms with van der Waals surface area (Å²) in [6, 6.07) is 6.13. The van der Waals surface area contributed by atoms with E-state index >= 15 is 0 Å². The van der Waals surface area contributed by atoms with Gasteiger partial charge in [0.25, 0.3) is 0 Å². The van der Waals surface area contributed by atoms with Crippen molar-refractivity contribution < 1.29 is 0 Å². The van der Waals surface area contributed by atoms with Crippen LogP contribution in [-0.2, 0) is 6.54 Å². The molecule has 0 aliphatic carbocycles. The van der Waals surface area contributed by atoms with E-state index in [1.807, 2.05) is 12.3 Å². The quantitative estimate of drug-likeness (QED) is 0.694. The molecule has 1 N–H and O–H groups in total. The zero-order valence-electron chi connectivity index (χ0n) is 12.9. The van der Waals surface area contributed by atoms with Crippen molar-refractivity contribution in [3.05, 3.63) is 30.1 Å². The lowest BCUT2D eigenvalue weighted by molar-refractivity contribution is 0.173. The monoisotopic (exact) mass is 263 g/mol. The molecule has 0 aliphatic heterocycles. The van der Waals surface area contributed by atoms with Gasteiger partial charge in [0.05, 0.1) is 5.69 Å². The van der Waals surface area contributed by atoms with Gasteiger partial charge in [0, 0.05) is 25.8 Å². The summed E-state index contributed by atoms with van der Waals surface area (Å²) >= 11 is 0. The molecule has 3 nitrogen and oxygen atoms in total. The SMILES string of the molecule is CCCNCC(C)(C)CN(CC)Cc1ccccn1. The first-order valence-corrected chi connectivity index (χ1v) is 7.40. The van der Waals surface area contributed by atoms with Gasteiger partial charge in [0.15, 0.2) is 0 Å². The Morgan fingerprint density at radius 1 is 1.26 bits per heavy atom. The third kappa shape index (κ3) is 6.69. The molecule has 0 spiro atoms. The Balaban J connectivity index is 2.46. The minimum atomic E-state index is 0.292. The molecule has 3 heteroatoms. The highest BCUT2D eigenvalue weighted by Gasteiger charge is 2.20. The maximum Gasteiger partial charge on any atom is 0.0543 e. The number of aromatic nitrogens is 1. The van der Waals surface area contributed by atoms with Crippen molar-refractivity contribution in [2.45, 2.75) is 40.7 Å². The number of nitrogens with one attached hydrogen (secondary N) is 1. The predicted molar refractivity (Wildman–Crippen MR) is 82.1 cm³/mol. The first-order valence-electron chi connectivity index (χ1n) is 7.40. The molecule has 0 fully saturated rings. The molecular formula is C16H29N3. The third-order valence-corrected chi connectivity index (χ3v) is 3.24. The maximum absolute atomic E-state index is 4.41. The smallest absolute Gasteiger partial charge is 0.0543 e. The molecule has 108 valence electrons. The molecule has 1 rings (SSSR count). The first kappa shape index (κ1) is 16.1. The van der Waals surface area contributed by atoms with E-state index in [4.69, 9.17) is 0 Å². The Kier molecular flexibility index (Phi) is 7.03. The molecule has 0 saturated heterocycles. The summed E-state index contributed by atoms with van der Waals surface area (Å²) in [5, 5.41) is 3.53. The van der Waals surface area contributed by atoms with Crippen molar-refractivity contribution >= 4 is 0 Å². The van der Waals surface area contributed by atoms with Crippen LogP contribution in [0.15, 0.2) is 24.4 Å². The van der Waals surface area contributed by atoms with Crippen molar-refractivity contribution in [1.29, 1.82) is 0 Å². The zero-order chi connectivity index (χ0) is 14.1. The van der Waals surface area contributed by atoms with Crippen LogP contribution in [0, 0.1) is 5.41 Å². The Bertz CT molecular complexity index is 335. The highest BCUT2D eigenvalue weighted by molar-refractivity contribution is 5.03. The Hall–Kier alpha value is -0.930. The van der Waals surface area contributed by atoms with E-state index in [1.165, 1.54) is 6.42 Å². The van der Waals surface area contributed by atoms with Gasteiger partial charge in [-0.2, -0.15) is 0 Å². The molecule has 1 aromatic heterocycles. The second kappa shape index (κ2) is 8.28. The first-order chi connectivity index (χ1) is 9.07. The van der Waals surface area contributed by atoms with Gasteiger partial charge >= 0.3 is 0 Å². The van der Waals surface area contributed by atoms with E-state index in [0.29, 0.717) is 5.41 Å². The summed E-state index contributed by atoms with van der Waals surface area (Å²) < 4.78 is 0. The van der Waals surface area contributed by atoms with E-state index in [1.54, 1.807) is 0 Å². The fourth-order valence-corrected chi connectivity index (χ4v) is 2.27. The lowest BCUT2D eigenvalue weighted by atomic mass is 9.92. The number of hydrogen-bond acceptors (Lipinski definition) is 3. The zero-order valence-corrected chi connectivity index (χ0v) is 12.9. The molecular weight excluding hydrogens is 234 g/mol. The topological polar surface area (TPSA) is 28.2 Å². The second-order valence-electron chi connectivity index (χ2n) is 5.97. The van der Waals surface area contributed by atoms with Crippen LogP contribution in [0.1, 0.15) is 39.8 Å². The number of rotatable bonds is 9. The van der Waals surface area contributed by atoms with E-state index in [9.17, 15) is 0 Å². The largest absolute Gasteiger partial charge is 0.316 e. The van der Waals surface area contributed by atoms with E-state index in [0.717, 1.165) is 38.4 Å². The molecule has 0 aliphatic rings. The van der Waals surface area contributed by atoms with Crippen LogP contribution in [-0.4, -0.2) is 36.1 Å². The van der Waals surface area contributed by atoms with Crippen molar-refractivity contribution in [2.75, 3.05) is 26.2 Å². The molecule has 0 bridgehead atoms. The Labute approximate surface area is 118 Å². The van der Waals surface area contributed by atoms with Gasteiger partial charge in [0.2, 0.25) is 0 Å². The lowest BCUT2D eigenvalue weighted by Gasteiger charge is -2.32. The van der Waals surface area contributed by atoms with Crippen LogP contribution in [0.25, 0.3) is 0 Å². The van der Waals surface area contributed by atoms with Gasteiger partial charge < -0.3 is 5.32 Å². The molecule has 19 heavy (non-hydrogen) atoms. The second-order valence-corrected chi connectivity index (χ2v) is 5.97. The molecule has 0 aromatic carbocycles. The van der Waals surface area contributed by atoms with E-state index in [-0.39, 0.29) is 0 Å². The van der Waals surface area contributed by atoms with Crippen molar-refractivity contribution in [3.63, 3.8) is 0 Å². The van der Waals surface area contributed by atoms with Crippen molar-refractivity contribution in [3.8, 4) is 0 Å². The van der Waals surface area contributed by atoms with Crippen molar-refractivity contribution in [2.24, 2.45) is 5.41 Å². The highest BCUT2D eigenvalue weighted by atomic mass is 15.1. The average Bonchev–Trinajstić information content (AvgIpc) is 2.39. The number of nitrogens with zero attached hydrogens (tertiary/aromatic N) is 2. The van der Waals surface area contributed by atoms with Crippen LogP contribution < -0.4 is 5.32 Å². The molecule has 0 atom stereocenters. The molecule has 0 radical (unpaired) electrons. The van der Waals surface area contributed by atoms with Crippen LogP contribution >= 0.6 is 0 Å². The molecule has 0 unspecified atom stereocenters. The summed E-state index contributed by atoms with van der Waals surface area (Å²) in [5.41, 5.74) is 1.45. The lowest BCUT2D eigenvalue weighted by Crippen LogP contribution is -2.40. The minimum Gasteiger partial charge on any atom is -0.316 e. The average molecular weight is 263 g/mol. The third-order valence-electron chi connectivity index (χ3n) is 3.24. The van der Waals surface area contributed by atoms with Crippen LogP contribution in [0.3, 0.4) is 0 Å². The normalized spacial score (nSPS) is 12.1. The van der Waals surface area contributed by atoms with Crippen LogP contribution in [0.5, 0.6) is 0 Å². The summed E-state index contributed by atoms with van der Waals surface area (Å²) in [7, 11) is 0. The fourth-order valence-electron chi connectivity index (χ4n) is 2.27. The predicted octanol–water partition coefficient (Wildman–Crippen LogP) is 2.93. The number of pyridine rings is 1. The maximum atomic E-state index is 4.41. The molecule has 0 amide bonds. The molecule has 1 aromatic rings. The summed E-state index contributed by atoms with van der Waals surface area (Å²) in [6.45, 7) is 14.4. The minimum absolute atomic E-state index is 0.292. The van der Waals surface area contributed by atoms with Gasteiger partial charge in [-0.3, -0.25) is 9.88 Å². The van der Waals surface area contributed by atoms with E-state index < -0.39 is 0 Å². The Morgan fingerprint density at radius 3 is 2.63 bits per heavy atom. The van der Waals surface area contributed by atoms with Gasteiger partial charge in [-0.15, -0.1) is 0 Å². The Morgan fingerprint density at radius 2 is 2.05 bits per heavy atom. The molecule has 1 heterocycles. The fraction of sp³-hybridized carbons (Fsp3) is 0.688. The van der Waals surface area contributed by atoms with Crippen LogP contribution in [0.2, 0.25) is 0 Å². The standard InChI is InChI=1S/C16H29N3/c1-5-10-17-13-16(3,4)14-19(6-2)12-15-9-7-8-11-18-15/h7-9,11,17H,5-6,10,12-14H2,1-4H3. The summed E-state index contributed by atoms with van der Waals surface area (Å²) in [4.78, 5) is 6.88. The summed E-state index contributed by atoms with van der Waals surface area (Å²) in [5.74, 6) is 0. The number of hydrogen-bond donors (Lipinski definition) is 1. The highest BCUT2D eigenvalue weighted by Crippen LogP contribution is 2.17. The van der Waals surface area contributed by atoms with Gasteiger partial charge in [-0.1, -0.05) is 33.8 Å². The van der Waals surface area contributed by atoms with Gasteiger partial charge in [-0.05, 0) is 37.1 Å². The van der Waals surface area contributed by atoms with E-state index in [2.05, 4.69) is 55.0 Å². The van der Waals surface area contributed by atoms with Crippen LogP contribution in [0.4, 0.5) is 0 Å². The molecule has 0 saturated carbocycles. The van der Waals surface area contributed by atoms with Crippen molar-refractivity contribution in [1.82, 2.24) is 15.2 Å². The van der Waals surface area contributed by atoms with Gasteiger partial charge in [-0.25, -0.2) is 0 Å². The summed E-state index contributed by atoms with van der Waals surface area (Å²) in [6.07, 6.45) is 3.07.